The highest BCUT2D eigenvalue weighted by molar-refractivity contribution is 6.11. The third kappa shape index (κ3) is 5.95. The fourth-order valence-electron chi connectivity index (χ4n) is 11.9. The molecule has 70 heavy (non-hydrogen) atoms. The molecule has 0 fully saturated rings. The number of aromatic nitrogens is 1. The highest BCUT2D eigenvalue weighted by Crippen LogP contribution is 2.64. The van der Waals surface area contributed by atoms with Crippen molar-refractivity contribution in [2.45, 2.75) is 5.41 Å². The van der Waals surface area contributed by atoms with Crippen molar-refractivity contribution in [1.29, 1.82) is 0 Å². The first-order chi connectivity index (χ1) is 34.8. The molecule has 1 spiro atoms. The Morgan fingerprint density at radius 3 is 1.34 bits per heavy atom. The molecule has 0 aliphatic heterocycles. The second-order valence-corrected chi connectivity index (χ2v) is 18.4. The first-order valence-corrected chi connectivity index (χ1v) is 24.2. The summed E-state index contributed by atoms with van der Waals surface area (Å²) in [5.74, 6) is 0. The fourth-order valence-corrected chi connectivity index (χ4v) is 11.9. The Morgan fingerprint density at radius 2 is 0.714 bits per heavy atom. The molecule has 0 amide bonds. The number of benzene rings is 11. The van der Waals surface area contributed by atoms with Gasteiger partial charge in [-0.15, -0.1) is 0 Å². The average Bonchev–Trinajstić information content (AvgIpc) is 4.03. The van der Waals surface area contributed by atoms with E-state index in [0.29, 0.717) is 0 Å². The normalized spacial score (nSPS) is 14.1. The summed E-state index contributed by atoms with van der Waals surface area (Å²) in [7, 11) is 0. The Bertz CT molecular complexity index is 3910. The topological polar surface area (TPSA) is 11.4 Å². The van der Waals surface area contributed by atoms with E-state index in [2.05, 4.69) is 287 Å². The minimum atomic E-state index is -0.512. The monoisotopic (exact) mass is 891 g/mol. The van der Waals surface area contributed by atoms with Crippen molar-refractivity contribution < 1.29 is 0 Å². The van der Waals surface area contributed by atoms with Gasteiger partial charge in [-0.1, -0.05) is 188 Å². The van der Waals surface area contributed by atoms with E-state index in [1.807, 2.05) is 0 Å². The maximum Gasteiger partial charge on any atom is 0.0725 e. The molecule has 1 unspecified atom stereocenters. The summed E-state index contributed by atoms with van der Waals surface area (Å²) in [6.45, 7) is 0. The summed E-state index contributed by atoms with van der Waals surface area (Å²) in [5.41, 5.74) is 22.3. The van der Waals surface area contributed by atoms with Crippen molar-refractivity contribution in [1.82, 2.24) is 4.57 Å². The van der Waals surface area contributed by atoms with Crippen molar-refractivity contribution in [2.24, 2.45) is 0 Å². The van der Waals surface area contributed by atoms with E-state index in [0.717, 1.165) is 45.3 Å². The standard InChI is InChI=1S/C67H45N3/c1-5-21-46(22-6-1)53-29-15-19-35-64(53)69(52-37-40-57-56-32-16-20-36-65(56)70(66(57)45-52)49-27-11-4-12-28-49)51-39-42-63-59(44-51)55-31-14-18-34-61(55)67(63)60-33-17-13-30-54(60)58-43-50(38-41-62(58)67)68(47-23-7-2-8-24-47)48-25-9-3-10-26-48/h1-45H. The predicted octanol–water partition coefficient (Wildman–Crippen LogP) is 17.7. The minimum absolute atomic E-state index is 0.512. The van der Waals surface area contributed by atoms with Crippen LogP contribution in [0.1, 0.15) is 22.3 Å². The molecular formula is C67H45N3. The smallest absolute Gasteiger partial charge is 0.0725 e. The van der Waals surface area contributed by atoms with Gasteiger partial charge in [0.2, 0.25) is 0 Å². The Labute approximate surface area is 408 Å². The molecule has 3 nitrogen and oxygen atoms in total. The number of para-hydroxylation sites is 5. The Hall–Kier alpha value is -9.18. The minimum Gasteiger partial charge on any atom is -0.310 e. The first-order valence-electron chi connectivity index (χ1n) is 24.2. The molecule has 11 aromatic carbocycles. The molecule has 2 aliphatic rings. The lowest BCUT2D eigenvalue weighted by atomic mass is 9.70. The van der Waals surface area contributed by atoms with E-state index >= 15 is 0 Å². The zero-order chi connectivity index (χ0) is 46.2. The summed E-state index contributed by atoms with van der Waals surface area (Å²) < 4.78 is 2.41. The zero-order valence-corrected chi connectivity index (χ0v) is 38.3. The van der Waals surface area contributed by atoms with Gasteiger partial charge in [0.05, 0.1) is 22.1 Å². The van der Waals surface area contributed by atoms with Gasteiger partial charge in [-0.25, -0.2) is 0 Å². The van der Waals surface area contributed by atoms with Gasteiger partial charge in [0.15, 0.2) is 0 Å². The summed E-state index contributed by atoms with van der Waals surface area (Å²) >= 11 is 0. The molecule has 0 N–H and O–H groups in total. The van der Waals surface area contributed by atoms with Crippen molar-refractivity contribution >= 4 is 55.9 Å². The molecule has 14 rings (SSSR count). The molecule has 328 valence electrons. The van der Waals surface area contributed by atoms with Gasteiger partial charge >= 0.3 is 0 Å². The maximum absolute atomic E-state index is 2.48. The third-order valence-corrected chi connectivity index (χ3v) is 14.8. The fraction of sp³-hybridized carbons (Fsp3) is 0.0149. The van der Waals surface area contributed by atoms with E-state index in [1.165, 1.54) is 71.9 Å². The molecule has 12 aromatic rings. The van der Waals surface area contributed by atoms with Crippen LogP contribution in [0.4, 0.5) is 34.1 Å². The Morgan fingerprint density at radius 1 is 0.271 bits per heavy atom. The molecule has 3 heteroatoms. The maximum atomic E-state index is 2.48. The highest BCUT2D eigenvalue weighted by atomic mass is 15.2. The van der Waals surface area contributed by atoms with E-state index in [1.54, 1.807) is 0 Å². The highest BCUT2D eigenvalue weighted by Gasteiger charge is 2.52. The predicted molar refractivity (Wildman–Crippen MR) is 292 cm³/mol. The summed E-state index contributed by atoms with van der Waals surface area (Å²) in [5, 5.41) is 2.46. The van der Waals surface area contributed by atoms with E-state index in [4.69, 9.17) is 0 Å². The van der Waals surface area contributed by atoms with Crippen LogP contribution < -0.4 is 9.80 Å². The molecule has 0 saturated carbocycles. The Kier molecular flexibility index (Phi) is 9.11. The summed E-state index contributed by atoms with van der Waals surface area (Å²) in [6, 6.07) is 100. The van der Waals surface area contributed by atoms with Crippen molar-refractivity contribution in [2.75, 3.05) is 9.80 Å². The van der Waals surface area contributed by atoms with Crippen LogP contribution in [0.15, 0.2) is 273 Å². The lowest BCUT2D eigenvalue weighted by Crippen LogP contribution is -2.26. The van der Waals surface area contributed by atoms with Gasteiger partial charge in [-0.2, -0.15) is 0 Å². The number of anilines is 6. The molecule has 1 aromatic heterocycles. The second kappa shape index (κ2) is 16.0. The molecule has 0 radical (unpaired) electrons. The van der Waals surface area contributed by atoms with Crippen molar-refractivity contribution in [3.63, 3.8) is 0 Å². The van der Waals surface area contributed by atoms with E-state index in [9.17, 15) is 0 Å². The molecular weight excluding hydrogens is 847 g/mol. The molecule has 2 aliphatic carbocycles. The van der Waals surface area contributed by atoms with Crippen LogP contribution in [0.5, 0.6) is 0 Å². The molecule has 1 atom stereocenters. The van der Waals surface area contributed by atoms with Gasteiger partial charge in [0, 0.05) is 50.5 Å². The largest absolute Gasteiger partial charge is 0.310 e. The van der Waals surface area contributed by atoms with Crippen LogP contribution >= 0.6 is 0 Å². The summed E-state index contributed by atoms with van der Waals surface area (Å²) in [4.78, 5) is 4.85. The summed E-state index contributed by atoms with van der Waals surface area (Å²) in [6.07, 6.45) is 0. The number of hydrogen-bond acceptors (Lipinski definition) is 2. The van der Waals surface area contributed by atoms with Crippen LogP contribution in [-0.2, 0) is 5.41 Å². The van der Waals surface area contributed by atoms with Crippen molar-refractivity contribution in [3.8, 4) is 39.1 Å². The Balaban J connectivity index is 0.996. The van der Waals surface area contributed by atoms with Gasteiger partial charge in [0.1, 0.15) is 0 Å². The third-order valence-electron chi connectivity index (χ3n) is 14.8. The van der Waals surface area contributed by atoms with Gasteiger partial charge in [0.25, 0.3) is 0 Å². The second-order valence-electron chi connectivity index (χ2n) is 18.4. The number of rotatable bonds is 8. The molecule has 1 heterocycles. The quantitative estimate of drug-likeness (QED) is 0.151. The zero-order valence-electron chi connectivity index (χ0n) is 38.3. The lowest BCUT2D eigenvalue weighted by Gasteiger charge is -2.32. The van der Waals surface area contributed by atoms with Crippen LogP contribution in [0.3, 0.4) is 0 Å². The molecule has 0 saturated heterocycles. The number of fused-ring (bicyclic) bond motifs is 13. The number of nitrogens with zero attached hydrogens (tertiary/aromatic N) is 3. The SMILES string of the molecule is c1ccc(-c2ccccc2N(c2ccc3c(c2)-c2ccccc2C32c3ccccc3-c3cc(N(c4ccccc4)c4ccccc4)ccc32)c2ccc3c4ccccc4n(-c4ccccc4)c3c2)cc1. The van der Waals surface area contributed by atoms with E-state index < -0.39 is 5.41 Å². The van der Waals surface area contributed by atoms with Crippen LogP contribution in [0.2, 0.25) is 0 Å². The van der Waals surface area contributed by atoms with Gasteiger partial charge in [-0.3, -0.25) is 0 Å². The van der Waals surface area contributed by atoms with Gasteiger partial charge in [-0.05, 0) is 135 Å². The first kappa shape index (κ1) is 39.9. The molecule has 0 bridgehead atoms. The van der Waals surface area contributed by atoms with Gasteiger partial charge < -0.3 is 14.4 Å². The van der Waals surface area contributed by atoms with Crippen molar-refractivity contribution in [3.05, 3.63) is 295 Å². The number of hydrogen-bond donors (Lipinski definition) is 0. The van der Waals surface area contributed by atoms with E-state index in [-0.39, 0.29) is 0 Å². The van der Waals surface area contributed by atoms with Crippen LogP contribution in [0.25, 0.3) is 60.9 Å². The average molecular weight is 892 g/mol. The lowest BCUT2D eigenvalue weighted by molar-refractivity contribution is 0.794. The van der Waals surface area contributed by atoms with Crippen LogP contribution in [-0.4, -0.2) is 4.57 Å². The van der Waals surface area contributed by atoms with Crippen LogP contribution in [0, 0.1) is 0 Å².